The van der Waals surface area contributed by atoms with Crippen LogP contribution in [0.5, 0.6) is 0 Å². The van der Waals surface area contributed by atoms with Crippen LogP contribution in [0, 0.1) is 16.7 Å². The Hall–Kier alpha value is -2.96. The summed E-state index contributed by atoms with van der Waals surface area (Å²) in [4.78, 5) is 69.6. The van der Waals surface area contributed by atoms with Gasteiger partial charge in [-0.15, -0.1) is 6.58 Å². The Kier molecular flexibility index (Phi) is 14.7. The number of sulfone groups is 1. The molecular formula is C37H65N5O7S. The number of unbranched alkanes of at least 4 members (excludes halogenated alkanes) is 1. The quantitative estimate of drug-likeness (QED) is 0.152. The predicted molar refractivity (Wildman–Crippen MR) is 197 cm³/mol. The number of amides is 5. The zero-order valence-corrected chi connectivity index (χ0v) is 33.1. The smallest absolute Gasteiger partial charge is 0.315 e. The van der Waals surface area contributed by atoms with Crippen LogP contribution in [-0.4, -0.2) is 90.1 Å². The first-order chi connectivity index (χ1) is 22.9. The highest BCUT2D eigenvalue weighted by atomic mass is 32.2. The zero-order valence-electron chi connectivity index (χ0n) is 32.3. The summed E-state index contributed by atoms with van der Waals surface area (Å²) < 4.78 is 25.7. The Bertz CT molecular complexity index is 1360. The summed E-state index contributed by atoms with van der Waals surface area (Å²) in [6.07, 6.45) is 6.89. The summed E-state index contributed by atoms with van der Waals surface area (Å²) in [6.45, 7) is 22.4. The van der Waals surface area contributed by atoms with Crippen LogP contribution >= 0.6 is 0 Å². The second-order valence-electron chi connectivity index (χ2n) is 17.3. The van der Waals surface area contributed by atoms with Crippen LogP contribution in [0.2, 0.25) is 0 Å². The van der Waals surface area contributed by atoms with Gasteiger partial charge in [0.25, 0.3) is 5.91 Å². The first kappa shape index (κ1) is 43.2. The molecule has 2 rings (SSSR count). The number of ketones is 1. The maximum atomic E-state index is 14.6. The van der Waals surface area contributed by atoms with E-state index in [2.05, 4.69) is 27.8 Å². The van der Waals surface area contributed by atoms with Gasteiger partial charge in [0.1, 0.15) is 12.1 Å². The zero-order chi connectivity index (χ0) is 38.3. The lowest BCUT2D eigenvalue weighted by Crippen LogP contribution is -2.66. The number of carbonyl (C=O) groups excluding carboxylic acids is 5. The minimum absolute atomic E-state index is 0.000240. The highest BCUT2D eigenvalue weighted by Crippen LogP contribution is 2.40. The molecule has 1 saturated carbocycles. The van der Waals surface area contributed by atoms with Crippen molar-refractivity contribution in [3.63, 3.8) is 0 Å². The summed E-state index contributed by atoms with van der Waals surface area (Å²) in [5.74, 6) is -2.75. The highest BCUT2D eigenvalue weighted by Gasteiger charge is 2.48. The van der Waals surface area contributed by atoms with Gasteiger partial charge in [-0.25, -0.2) is 13.2 Å². The van der Waals surface area contributed by atoms with Crippen LogP contribution in [0.25, 0.3) is 0 Å². The second kappa shape index (κ2) is 17.0. The average Bonchev–Trinajstić information content (AvgIpc) is 2.99. The normalized spacial score (nSPS) is 22.0. The number of nitrogens with zero attached hydrogens (tertiary/aromatic N) is 1. The highest BCUT2D eigenvalue weighted by molar-refractivity contribution is 7.92. The first-order valence-corrected chi connectivity index (χ1v) is 19.9. The number of likely N-dealkylation sites (tertiary alicyclic amines) is 1. The van der Waals surface area contributed by atoms with E-state index in [1.807, 2.05) is 48.5 Å². The van der Waals surface area contributed by atoms with E-state index in [0.717, 1.165) is 25.7 Å². The van der Waals surface area contributed by atoms with E-state index in [9.17, 15) is 32.4 Å². The minimum Gasteiger partial charge on any atom is -0.346 e. The summed E-state index contributed by atoms with van der Waals surface area (Å²) >= 11 is 0. The van der Waals surface area contributed by atoms with Gasteiger partial charge >= 0.3 is 6.03 Å². The fraction of sp³-hybridized carbons (Fsp3) is 0.811. The molecule has 5 amide bonds. The van der Waals surface area contributed by atoms with Crippen molar-refractivity contribution < 1.29 is 32.4 Å². The number of Topliss-reactive ketones (excluding diaryl/α,β-unsaturated/α-hetero) is 1. The molecule has 2 fully saturated rings. The minimum atomic E-state index is -3.57. The topological polar surface area (TPSA) is 171 Å². The standard InChI is InChI=1S/C37H65N5O7S/c1-12-14-18-26(28(43)31(45)38-21-13-2)39-30(44)27-22-36(10,11)25(3)23-42(27)32(46)29(34(4,5)6)40-33(47)41-37(19-16-15-17-20-37)24-50(48,49)35(7,8)9/h13,25-27,29H,2,12,14-24H2,1,3-11H3,(H,38,45)(H,39,44)(H2,40,41,47)/t25?,26?,27-,29+/m0/s1. The lowest BCUT2D eigenvalue weighted by molar-refractivity contribution is -0.151. The fourth-order valence-electron chi connectivity index (χ4n) is 6.65. The maximum Gasteiger partial charge on any atom is 0.315 e. The van der Waals surface area contributed by atoms with Gasteiger partial charge in [0.2, 0.25) is 17.6 Å². The molecule has 286 valence electrons. The number of hydrogen-bond donors (Lipinski definition) is 4. The van der Waals surface area contributed by atoms with Crippen molar-refractivity contribution in [2.45, 2.75) is 155 Å². The second-order valence-corrected chi connectivity index (χ2v) is 20.0. The van der Waals surface area contributed by atoms with E-state index < -0.39 is 73.2 Å². The first-order valence-electron chi connectivity index (χ1n) is 18.3. The van der Waals surface area contributed by atoms with E-state index in [1.54, 1.807) is 20.8 Å². The monoisotopic (exact) mass is 723 g/mol. The van der Waals surface area contributed by atoms with E-state index in [0.29, 0.717) is 25.7 Å². The van der Waals surface area contributed by atoms with E-state index in [1.165, 1.54) is 11.0 Å². The lowest BCUT2D eigenvalue weighted by Gasteiger charge is -2.49. The van der Waals surface area contributed by atoms with Gasteiger partial charge in [-0.3, -0.25) is 19.2 Å². The fourth-order valence-corrected chi connectivity index (χ4v) is 8.17. The van der Waals surface area contributed by atoms with Crippen molar-refractivity contribution in [1.82, 2.24) is 26.2 Å². The van der Waals surface area contributed by atoms with Crippen molar-refractivity contribution in [2.24, 2.45) is 16.7 Å². The van der Waals surface area contributed by atoms with Crippen LogP contribution in [0.3, 0.4) is 0 Å². The van der Waals surface area contributed by atoms with Crippen LogP contribution in [0.1, 0.15) is 127 Å². The molecule has 1 aliphatic heterocycles. The Morgan fingerprint density at radius 2 is 1.58 bits per heavy atom. The molecule has 0 radical (unpaired) electrons. The molecule has 1 aliphatic carbocycles. The van der Waals surface area contributed by atoms with Crippen molar-refractivity contribution >= 4 is 39.4 Å². The molecule has 2 unspecified atom stereocenters. The number of hydrogen-bond acceptors (Lipinski definition) is 7. The van der Waals surface area contributed by atoms with Crippen molar-refractivity contribution in [1.29, 1.82) is 0 Å². The third-order valence-electron chi connectivity index (χ3n) is 10.6. The van der Waals surface area contributed by atoms with Crippen molar-refractivity contribution in [2.75, 3.05) is 18.8 Å². The molecule has 4 N–H and O–H groups in total. The van der Waals surface area contributed by atoms with Gasteiger partial charge in [-0.2, -0.15) is 0 Å². The number of rotatable bonds is 14. The summed E-state index contributed by atoms with van der Waals surface area (Å²) in [5.41, 5.74) is -2.09. The van der Waals surface area contributed by atoms with Gasteiger partial charge < -0.3 is 26.2 Å². The molecule has 0 bridgehead atoms. The SMILES string of the molecule is C=CCNC(=O)C(=O)C(CCCC)NC(=O)[C@@H]1CC(C)(C)C(C)CN1C(=O)[C@@H](NC(=O)NC1(CS(=O)(=O)C(C)(C)C)CCCCC1)C(C)(C)C. The van der Waals surface area contributed by atoms with Crippen LogP contribution < -0.4 is 21.3 Å². The van der Waals surface area contributed by atoms with Crippen LogP contribution in [0.15, 0.2) is 12.7 Å². The molecule has 2 aliphatic rings. The number of nitrogens with one attached hydrogen (secondary N) is 4. The summed E-state index contributed by atoms with van der Waals surface area (Å²) in [7, 11) is -3.57. The lowest BCUT2D eigenvalue weighted by atomic mass is 9.71. The Balaban J connectivity index is 2.42. The summed E-state index contributed by atoms with van der Waals surface area (Å²) in [6, 6.07) is -3.72. The number of piperidine rings is 1. The van der Waals surface area contributed by atoms with Gasteiger partial charge in [-0.05, 0) is 63.2 Å². The third kappa shape index (κ3) is 11.3. The van der Waals surface area contributed by atoms with E-state index >= 15 is 0 Å². The Morgan fingerprint density at radius 3 is 2.10 bits per heavy atom. The van der Waals surface area contributed by atoms with Gasteiger partial charge in [-0.1, -0.05) is 86.6 Å². The van der Waals surface area contributed by atoms with E-state index in [-0.39, 0.29) is 36.6 Å². The van der Waals surface area contributed by atoms with Crippen molar-refractivity contribution in [3.05, 3.63) is 12.7 Å². The molecule has 13 heteroatoms. The van der Waals surface area contributed by atoms with Gasteiger partial charge in [0.15, 0.2) is 9.84 Å². The van der Waals surface area contributed by atoms with Crippen LogP contribution in [0.4, 0.5) is 4.79 Å². The molecular weight excluding hydrogens is 659 g/mol. The molecule has 0 aromatic carbocycles. The molecule has 0 aromatic rings. The molecule has 0 aromatic heterocycles. The molecule has 1 heterocycles. The average molecular weight is 724 g/mol. The van der Waals surface area contributed by atoms with Crippen molar-refractivity contribution in [3.8, 4) is 0 Å². The molecule has 4 atom stereocenters. The predicted octanol–water partition coefficient (Wildman–Crippen LogP) is 4.43. The molecule has 1 saturated heterocycles. The van der Waals surface area contributed by atoms with Gasteiger partial charge in [0, 0.05) is 13.1 Å². The molecule has 0 spiro atoms. The molecule has 50 heavy (non-hydrogen) atoms. The maximum absolute atomic E-state index is 14.6. The van der Waals surface area contributed by atoms with E-state index in [4.69, 9.17) is 0 Å². The largest absolute Gasteiger partial charge is 0.346 e. The third-order valence-corrected chi connectivity index (χ3v) is 13.4. The number of urea groups is 1. The van der Waals surface area contributed by atoms with Crippen LogP contribution in [-0.2, 0) is 29.0 Å². The Morgan fingerprint density at radius 1 is 0.980 bits per heavy atom. The summed E-state index contributed by atoms with van der Waals surface area (Å²) in [5, 5.41) is 11.2. The Labute approximate surface area is 301 Å². The molecule has 12 nitrogen and oxygen atoms in total. The van der Waals surface area contributed by atoms with Gasteiger partial charge in [0.05, 0.1) is 22.1 Å². The number of carbonyl (C=O) groups is 5.